The third-order valence-corrected chi connectivity index (χ3v) is 5.86. The Labute approximate surface area is 173 Å². The van der Waals surface area contributed by atoms with Crippen LogP contribution in [0.5, 0.6) is 0 Å². The molecule has 3 aromatic rings. The first kappa shape index (κ1) is 19.4. The van der Waals surface area contributed by atoms with Crippen molar-refractivity contribution in [2.24, 2.45) is 0 Å². The molecule has 0 spiro atoms. The van der Waals surface area contributed by atoms with Crippen LogP contribution in [0.3, 0.4) is 0 Å². The van der Waals surface area contributed by atoms with Crippen molar-refractivity contribution in [3.8, 4) is 0 Å². The van der Waals surface area contributed by atoms with Crippen LogP contribution < -0.4 is 0 Å². The Balaban J connectivity index is 1.50. The number of H-pyrrole nitrogens is 1. The minimum Gasteiger partial charge on any atom is -0.341 e. The largest absolute Gasteiger partial charge is 0.341 e. The second-order valence-corrected chi connectivity index (χ2v) is 7.90. The minimum atomic E-state index is -0.376. The monoisotopic (exact) mass is 408 g/mol. The van der Waals surface area contributed by atoms with Crippen molar-refractivity contribution in [1.29, 1.82) is 0 Å². The first-order chi connectivity index (χ1) is 14.2. The maximum Gasteiger partial charge on any atom is 0.240 e. The van der Waals surface area contributed by atoms with Gasteiger partial charge in [-0.3, -0.25) is 9.89 Å². The lowest BCUT2D eigenvalue weighted by atomic mass is 10.1. The molecule has 29 heavy (non-hydrogen) atoms. The summed E-state index contributed by atoms with van der Waals surface area (Å²) < 4.78 is 13.0. The predicted molar refractivity (Wildman–Crippen MR) is 113 cm³/mol. The molecular weight excluding hydrogens is 387 g/mol. The average Bonchev–Trinajstić information content (AvgIpc) is 3.44. The fourth-order valence-corrected chi connectivity index (χ4v) is 4.24. The highest BCUT2D eigenvalue weighted by Gasteiger charge is 2.29. The number of nitrogens with zero attached hydrogens (tertiary/aromatic N) is 3. The van der Waals surface area contributed by atoms with Gasteiger partial charge in [0.25, 0.3) is 0 Å². The summed E-state index contributed by atoms with van der Waals surface area (Å²) in [6.45, 7) is 1.62. The second kappa shape index (κ2) is 9.05. The molecule has 0 aliphatic carbocycles. The first-order valence-corrected chi connectivity index (χ1v) is 10.4. The summed E-state index contributed by atoms with van der Waals surface area (Å²) in [6.07, 6.45) is 5.72. The topological polar surface area (TPSA) is 61.9 Å². The van der Waals surface area contributed by atoms with E-state index in [9.17, 15) is 9.18 Å². The van der Waals surface area contributed by atoms with Crippen molar-refractivity contribution in [3.05, 3.63) is 77.4 Å². The smallest absolute Gasteiger partial charge is 0.240 e. The second-order valence-electron chi connectivity index (χ2n) is 6.83. The summed E-state index contributed by atoms with van der Waals surface area (Å²) in [5.41, 5.74) is 1.81. The van der Waals surface area contributed by atoms with E-state index in [0.717, 1.165) is 37.1 Å². The molecule has 7 heteroatoms. The summed E-state index contributed by atoms with van der Waals surface area (Å²) in [5.74, 6) is 0.416. The maximum absolute atomic E-state index is 13.1. The van der Waals surface area contributed by atoms with E-state index in [4.69, 9.17) is 0 Å². The number of rotatable bonds is 6. The van der Waals surface area contributed by atoms with E-state index in [1.807, 2.05) is 41.3 Å². The quantitative estimate of drug-likeness (QED) is 0.607. The molecule has 1 unspecified atom stereocenters. The molecule has 0 bridgehead atoms. The number of likely N-dealkylation sites (tertiary alicyclic amines) is 1. The predicted octanol–water partition coefficient (Wildman–Crippen LogP) is 4.57. The number of carbonyl (C=O) groups excluding carboxylic acids is 1. The van der Waals surface area contributed by atoms with Gasteiger partial charge in [0.2, 0.25) is 11.1 Å². The summed E-state index contributed by atoms with van der Waals surface area (Å²) in [7, 11) is 0. The van der Waals surface area contributed by atoms with Gasteiger partial charge < -0.3 is 4.90 Å². The molecule has 1 amide bonds. The van der Waals surface area contributed by atoms with E-state index in [1.165, 1.54) is 23.9 Å². The van der Waals surface area contributed by atoms with Crippen molar-refractivity contribution >= 4 is 29.8 Å². The summed E-state index contributed by atoms with van der Waals surface area (Å²) >= 11 is 1.35. The summed E-state index contributed by atoms with van der Waals surface area (Å²) in [4.78, 5) is 19.5. The van der Waals surface area contributed by atoms with Crippen LogP contribution in [0.2, 0.25) is 0 Å². The number of aromatic amines is 1. The van der Waals surface area contributed by atoms with Crippen LogP contribution in [0.1, 0.15) is 35.0 Å². The molecule has 0 saturated carbocycles. The molecule has 0 radical (unpaired) electrons. The fourth-order valence-electron chi connectivity index (χ4n) is 3.23. The van der Waals surface area contributed by atoms with Crippen LogP contribution in [-0.2, 0) is 4.79 Å². The van der Waals surface area contributed by atoms with Crippen LogP contribution in [0, 0.1) is 5.82 Å². The molecular formula is C22H21FN4OS. The number of aromatic nitrogens is 3. The number of nitrogens with one attached hydrogen (secondary N) is 1. The van der Waals surface area contributed by atoms with Gasteiger partial charge in [-0.15, -0.1) is 5.10 Å². The highest BCUT2D eigenvalue weighted by molar-refractivity contribution is 8.00. The Hall–Kier alpha value is -2.93. The summed E-state index contributed by atoms with van der Waals surface area (Å²) in [6, 6.07) is 16.0. The van der Waals surface area contributed by atoms with Crippen LogP contribution in [-0.4, -0.2) is 39.1 Å². The van der Waals surface area contributed by atoms with Crippen LogP contribution >= 0.6 is 11.8 Å². The number of carbonyl (C=O) groups is 1. The van der Waals surface area contributed by atoms with Gasteiger partial charge in [-0.1, -0.05) is 60.3 Å². The number of hydrogen-bond donors (Lipinski definition) is 1. The number of amides is 1. The number of benzene rings is 2. The molecule has 1 aliphatic rings. The number of halogens is 1. The normalized spacial score (nSPS) is 15.1. The Bertz CT molecular complexity index is 982. The van der Waals surface area contributed by atoms with E-state index in [1.54, 1.807) is 18.2 Å². The maximum atomic E-state index is 13.1. The molecule has 1 N–H and O–H groups in total. The lowest BCUT2D eigenvalue weighted by molar-refractivity contribution is -0.129. The van der Waals surface area contributed by atoms with E-state index < -0.39 is 0 Å². The fraction of sp³-hybridized carbons (Fsp3) is 0.227. The Morgan fingerprint density at radius 2 is 1.79 bits per heavy atom. The van der Waals surface area contributed by atoms with Crippen molar-refractivity contribution in [2.75, 3.05) is 13.1 Å². The SMILES string of the molecule is O=C(C(Sc1n[nH]c(C=Cc2ccc(F)cc2)n1)c1ccccc1)N1CCCC1. The van der Waals surface area contributed by atoms with E-state index in [2.05, 4.69) is 15.2 Å². The molecule has 4 rings (SSSR count). The zero-order chi connectivity index (χ0) is 20.1. The zero-order valence-electron chi connectivity index (χ0n) is 15.8. The van der Waals surface area contributed by atoms with E-state index in [0.29, 0.717) is 11.0 Å². The molecule has 1 aliphatic heterocycles. The zero-order valence-corrected chi connectivity index (χ0v) is 16.6. The standard InChI is InChI=1S/C22H21FN4OS/c23-18-11-8-16(9-12-18)10-13-19-24-22(26-25-19)29-20(17-6-2-1-3-7-17)21(28)27-14-4-5-15-27/h1-3,6-13,20H,4-5,14-15H2,(H,24,25,26). The van der Waals surface area contributed by atoms with Crippen LogP contribution in [0.4, 0.5) is 4.39 Å². The van der Waals surface area contributed by atoms with Crippen LogP contribution in [0.25, 0.3) is 12.2 Å². The molecule has 1 fully saturated rings. The Kier molecular flexibility index (Phi) is 6.05. The third kappa shape index (κ3) is 4.92. The third-order valence-electron chi connectivity index (χ3n) is 4.75. The lowest BCUT2D eigenvalue weighted by Gasteiger charge is -2.22. The van der Waals surface area contributed by atoms with E-state index >= 15 is 0 Å². The van der Waals surface area contributed by atoms with Gasteiger partial charge in [-0.25, -0.2) is 9.37 Å². The van der Waals surface area contributed by atoms with Gasteiger partial charge in [0.15, 0.2) is 0 Å². The molecule has 2 heterocycles. The minimum absolute atomic E-state index is 0.104. The Morgan fingerprint density at radius 1 is 1.07 bits per heavy atom. The number of thioether (sulfide) groups is 1. The molecule has 5 nitrogen and oxygen atoms in total. The van der Waals surface area contributed by atoms with Gasteiger partial charge in [0, 0.05) is 13.1 Å². The van der Waals surface area contributed by atoms with Gasteiger partial charge >= 0.3 is 0 Å². The van der Waals surface area contributed by atoms with Crippen molar-refractivity contribution in [3.63, 3.8) is 0 Å². The van der Waals surface area contributed by atoms with Crippen LogP contribution in [0.15, 0.2) is 59.8 Å². The molecule has 2 aromatic carbocycles. The molecule has 1 aromatic heterocycles. The van der Waals surface area contributed by atoms with Gasteiger partial charge in [-0.2, -0.15) is 0 Å². The van der Waals surface area contributed by atoms with Crippen molar-refractivity contribution in [1.82, 2.24) is 20.1 Å². The molecule has 1 saturated heterocycles. The lowest BCUT2D eigenvalue weighted by Crippen LogP contribution is -2.31. The number of hydrogen-bond acceptors (Lipinski definition) is 4. The van der Waals surface area contributed by atoms with E-state index in [-0.39, 0.29) is 17.0 Å². The van der Waals surface area contributed by atoms with Gasteiger partial charge in [-0.05, 0) is 42.2 Å². The molecule has 148 valence electrons. The van der Waals surface area contributed by atoms with Crippen molar-refractivity contribution in [2.45, 2.75) is 23.2 Å². The highest BCUT2D eigenvalue weighted by Crippen LogP contribution is 2.35. The average molecular weight is 409 g/mol. The van der Waals surface area contributed by atoms with Crippen molar-refractivity contribution < 1.29 is 9.18 Å². The Morgan fingerprint density at radius 3 is 2.52 bits per heavy atom. The highest BCUT2D eigenvalue weighted by atomic mass is 32.2. The van der Waals surface area contributed by atoms with Gasteiger partial charge in [0.1, 0.15) is 16.9 Å². The van der Waals surface area contributed by atoms with Gasteiger partial charge in [0.05, 0.1) is 0 Å². The molecule has 1 atom stereocenters. The first-order valence-electron chi connectivity index (χ1n) is 9.55. The summed E-state index contributed by atoms with van der Waals surface area (Å²) in [5, 5.41) is 7.29.